The predicted molar refractivity (Wildman–Crippen MR) is 89.4 cm³/mol. The van der Waals surface area contributed by atoms with E-state index in [1.54, 1.807) is 6.07 Å². The van der Waals surface area contributed by atoms with Crippen molar-refractivity contribution in [3.63, 3.8) is 0 Å². The molecular weight excluding hydrogens is 347 g/mol. The highest BCUT2D eigenvalue weighted by atomic mass is 19.4. The Morgan fingerprint density at radius 2 is 1.88 bits per heavy atom. The van der Waals surface area contributed by atoms with Crippen molar-refractivity contribution in [2.24, 2.45) is 11.8 Å². The van der Waals surface area contributed by atoms with Gasteiger partial charge in [0.1, 0.15) is 0 Å². The van der Waals surface area contributed by atoms with E-state index in [0.29, 0.717) is 12.8 Å². The maximum Gasteiger partial charge on any atom is 0.416 e. The molecule has 26 heavy (non-hydrogen) atoms. The van der Waals surface area contributed by atoms with Crippen LogP contribution in [0.25, 0.3) is 0 Å². The van der Waals surface area contributed by atoms with Crippen LogP contribution in [0, 0.1) is 11.8 Å². The van der Waals surface area contributed by atoms with Gasteiger partial charge in [-0.15, -0.1) is 0 Å². The Bertz CT molecular complexity index is 623. The number of nitrogens with one attached hydrogen (secondary N) is 1. The minimum atomic E-state index is -4.43. The van der Waals surface area contributed by atoms with Gasteiger partial charge in [-0.25, -0.2) is 0 Å². The zero-order valence-electron chi connectivity index (χ0n) is 14.5. The van der Waals surface area contributed by atoms with Gasteiger partial charge in [0, 0.05) is 25.0 Å². The van der Waals surface area contributed by atoms with Gasteiger partial charge in [0.25, 0.3) is 0 Å². The Morgan fingerprint density at radius 1 is 1.23 bits per heavy atom. The summed E-state index contributed by atoms with van der Waals surface area (Å²) >= 11 is 0. The van der Waals surface area contributed by atoms with Crippen LogP contribution in [0.3, 0.4) is 0 Å². The van der Waals surface area contributed by atoms with Crippen LogP contribution in [0.4, 0.5) is 13.2 Å². The molecule has 2 unspecified atom stereocenters. The van der Waals surface area contributed by atoms with Crippen LogP contribution in [-0.2, 0) is 22.1 Å². The first-order valence-electron chi connectivity index (χ1n) is 9.06. The summed E-state index contributed by atoms with van der Waals surface area (Å²) in [6.45, 7) is -0.125. The van der Waals surface area contributed by atoms with E-state index in [9.17, 15) is 23.1 Å². The Kier molecular flexibility index (Phi) is 5.87. The lowest BCUT2D eigenvalue weighted by atomic mass is 9.93. The molecule has 2 bridgehead atoms. The largest absolute Gasteiger partial charge is 0.416 e. The Morgan fingerprint density at radius 3 is 2.50 bits per heavy atom. The molecule has 2 N–H and O–H groups in total. The van der Waals surface area contributed by atoms with Crippen molar-refractivity contribution in [3.8, 4) is 0 Å². The van der Waals surface area contributed by atoms with Gasteiger partial charge in [0.2, 0.25) is 5.91 Å². The molecule has 4 nitrogen and oxygen atoms in total. The number of ether oxygens (including phenoxy) is 1. The lowest BCUT2D eigenvalue weighted by molar-refractivity contribution is -0.138. The summed E-state index contributed by atoms with van der Waals surface area (Å²) < 4.78 is 45.0. The SMILES string of the molecule is O=C(NCC(CO)Cc1ccccc1C(F)(F)F)C1C[C@H]2CC[C@@H](C1)O2. The fourth-order valence-electron chi connectivity index (χ4n) is 3.95. The van der Waals surface area contributed by atoms with Gasteiger partial charge < -0.3 is 15.2 Å². The number of amides is 1. The van der Waals surface area contributed by atoms with E-state index in [1.807, 2.05) is 0 Å². The molecule has 3 rings (SSSR count). The number of hydrogen-bond acceptors (Lipinski definition) is 3. The molecule has 0 aromatic heterocycles. The van der Waals surface area contributed by atoms with Gasteiger partial charge in [0.15, 0.2) is 0 Å². The van der Waals surface area contributed by atoms with Crippen LogP contribution < -0.4 is 5.32 Å². The fourth-order valence-corrected chi connectivity index (χ4v) is 3.95. The van der Waals surface area contributed by atoms with E-state index in [0.717, 1.165) is 18.9 Å². The molecule has 1 amide bonds. The average Bonchev–Trinajstić information content (AvgIpc) is 2.95. The Balaban J connectivity index is 1.56. The number of carbonyl (C=O) groups excluding carboxylic acids is 1. The summed E-state index contributed by atoms with van der Waals surface area (Å²) in [4.78, 5) is 12.4. The second-order valence-corrected chi connectivity index (χ2v) is 7.28. The summed E-state index contributed by atoms with van der Waals surface area (Å²) in [5, 5.41) is 12.4. The molecule has 1 aromatic carbocycles. The molecule has 2 aliphatic rings. The molecule has 4 atom stereocenters. The van der Waals surface area contributed by atoms with Gasteiger partial charge in [0.05, 0.1) is 17.8 Å². The summed E-state index contributed by atoms with van der Waals surface area (Å²) in [6.07, 6.45) is -0.698. The highest BCUT2D eigenvalue weighted by Gasteiger charge is 2.38. The van der Waals surface area contributed by atoms with Gasteiger partial charge in [-0.05, 0) is 43.7 Å². The molecule has 0 saturated carbocycles. The quantitative estimate of drug-likeness (QED) is 0.808. The van der Waals surface area contributed by atoms with Crippen molar-refractivity contribution in [2.45, 2.75) is 50.5 Å². The topological polar surface area (TPSA) is 58.6 Å². The Hall–Kier alpha value is -1.60. The van der Waals surface area contributed by atoms with Gasteiger partial charge in [-0.3, -0.25) is 4.79 Å². The molecule has 2 saturated heterocycles. The molecule has 144 valence electrons. The maximum atomic E-state index is 13.1. The van der Waals surface area contributed by atoms with Crippen molar-refractivity contribution < 1.29 is 27.8 Å². The second-order valence-electron chi connectivity index (χ2n) is 7.28. The van der Waals surface area contributed by atoms with Crippen LogP contribution in [0.1, 0.15) is 36.8 Å². The number of halogens is 3. The van der Waals surface area contributed by atoms with E-state index >= 15 is 0 Å². The number of benzene rings is 1. The van der Waals surface area contributed by atoms with E-state index in [2.05, 4.69) is 5.32 Å². The molecule has 2 aliphatic heterocycles. The average molecular weight is 371 g/mol. The first-order valence-corrected chi connectivity index (χ1v) is 9.06. The third-order valence-corrected chi connectivity index (χ3v) is 5.32. The normalized spacial score (nSPS) is 26.5. The number of carbonyl (C=O) groups is 1. The third-order valence-electron chi connectivity index (χ3n) is 5.32. The molecule has 2 fully saturated rings. The summed E-state index contributed by atoms with van der Waals surface area (Å²) in [5.74, 6) is -0.658. The molecule has 7 heteroatoms. The van der Waals surface area contributed by atoms with Gasteiger partial charge in [-0.1, -0.05) is 18.2 Å². The highest BCUT2D eigenvalue weighted by molar-refractivity contribution is 5.78. The standard InChI is InChI=1S/C19H24F3NO3/c20-19(21,22)17-4-2-1-3-13(17)7-12(11-24)10-23-18(25)14-8-15-5-6-16(9-14)26-15/h1-4,12,14-16,24H,5-11H2,(H,23,25)/t12?,14?,15-,16+. The van der Waals surface area contributed by atoms with Gasteiger partial charge >= 0.3 is 6.18 Å². The van der Waals surface area contributed by atoms with Gasteiger partial charge in [-0.2, -0.15) is 13.2 Å². The minimum absolute atomic E-state index is 0.0610. The third kappa shape index (κ3) is 4.57. The lowest BCUT2D eigenvalue weighted by Crippen LogP contribution is -2.40. The zero-order valence-corrected chi connectivity index (χ0v) is 14.5. The number of fused-ring (bicyclic) bond motifs is 2. The van der Waals surface area contributed by atoms with Crippen molar-refractivity contribution in [1.82, 2.24) is 5.32 Å². The molecule has 2 heterocycles. The van der Waals surface area contributed by atoms with E-state index < -0.39 is 17.7 Å². The molecule has 0 radical (unpaired) electrons. The van der Waals surface area contributed by atoms with Crippen molar-refractivity contribution in [3.05, 3.63) is 35.4 Å². The Labute approximate surface area is 150 Å². The highest BCUT2D eigenvalue weighted by Crippen LogP contribution is 2.36. The molecule has 1 aromatic rings. The smallest absolute Gasteiger partial charge is 0.396 e. The van der Waals surface area contributed by atoms with E-state index in [-0.39, 0.29) is 49.2 Å². The maximum absolute atomic E-state index is 13.1. The van der Waals surface area contributed by atoms with Crippen LogP contribution in [0.2, 0.25) is 0 Å². The zero-order chi connectivity index (χ0) is 18.7. The minimum Gasteiger partial charge on any atom is -0.396 e. The monoisotopic (exact) mass is 371 g/mol. The van der Waals surface area contributed by atoms with E-state index in [4.69, 9.17) is 4.74 Å². The summed E-state index contributed by atoms with van der Waals surface area (Å²) in [7, 11) is 0. The van der Waals surface area contributed by atoms with Crippen LogP contribution in [0.15, 0.2) is 24.3 Å². The first-order chi connectivity index (χ1) is 12.4. The number of alkyl halides is 3. The summed E-state index contributed by atoms with van der Waals surface area (Å²) in [5.41, 5.74) is -0.553. The van der Waals surface area contributed by atoms with Crippen molar-refractivity contribution in [1.29, 1.82) is 0 Å². The molecular formula is C19H24F3NO3. The molecule has 0 aliphatic carbocycles. The van der Waals surface area contributed by atoms with Crippen molar-refractivity contribution >= 4 is 5.91 Å². The predicted octanol–water partition coefficient (Wildman–Crippen LogP) is 2.93. The second kappa shape index (κ2) is 7.96. The molecule has 0 spiro atoms. The number of hydrogen-bond donors (Lipinski definition) is 2. The lowest BCUT2D eigenvalue weighted by Gasteiger charge is -2.28. The number of aliphatic hydroxyl groups is 1. The number of aliphatic hydroxyl groups excluding tert-OH is 1. The summed E-state index contributed by atoms with van der Waals surface area (Å²) in [6, 6.07) is 5.36. The van der Waals surface area contributed by atoms with Crippen LogP contribution in [-0.4, -0.2) is 36.4 Å². The first kappa shape index (κ1) is 19.2. The van der Waals surface area contributed by atoms with Crippen molar-refractivity contribution in [2.75, 3.05) is 13.2 Å². The fraction of sp³-hybridized carbons (Fsp3) is 0.632. The van der Waals surface area contributed by atoms with E-state index in [1.165, 1.54) is 12.1 Å². The van der Waals surface area contributed by atoms with Crippen LogP contribution in [0.5, 0.6) is 0 Å². The number of rotatable bonds is 6. The van der Waals surface area contributed by atoms with Crippen LogP contribution >= 0.6 is 0 Å².